The number of phenolic OH excluding ortho intramolecular Hbond substituents is 4. The number of fused-ring (bicyclic) bond motifs is 8. The highest BCUT2D eigenvalue weighted by atomic mass is 16.6. The maximum absolute atomic E-state index is 12.1. The van der Waals surface area contributed by atoms with Gasteiger partial charge in [-0.05, 0) is 95.1 Å². The summed E-state index contributed by atoms with van der Waals surface area (Å²) in [5.41, 5.74) is 1.79. The number of hydrogen-bond acceptors (Lipinski definition) is 14. The summed E-state index contributed by atoms with van der Waals surface area (Å²) in [7, 11) is 0. The fourth-order valence-corrected chi connectivity index (χ4v) is 7.72. The Bertz CT molecular complexity index is 3040. The van der Waals surface area contributed by atoms with Crippen LogP contribution < -0.4 is 0 Å². The molecule has 3 aromatic heterocycles. The van der Waals surface area contributed by atoms with Crippen molar-refractivity contribution in [3.63, 3.8) is 0 Å². The first-order valence-electron chi connectivity index (χ1n) is 18.7. The molecule has 0 saturated heterocycles. The zero-order valence-corrected chi connectivity index (χ0v) is 32.3. The topological polar surface area (TPSA) is 311 Å². The molecule has 8 bridgehead atoms. The minimum atomic E-state index is -0.755. The summed E-state index contributed by atoms with van der Waals surface area (Å²) < 4.78 is 0. The first kappa shape index (κ1) is 39.7. The molecule has 20 nitrogen and oxygen atoms in total. The lowest BCUT2D eigenvalue weighted by molar-refractivity contribution is -0.385. The number of aromatic hydroxyl groups is 4. The summed E-state index contributed by atoms with van der Waals surface area (Å²) in [6.07, 6.45) is 6.41. The summed E-state index contributed by atoms with van der Waals surface area (Å²) in [5.74, 6) is -2.39. The molecule has 0 atom stereocenters. The number of H-pyrrole nitrogens is 2. The van der Waals surface area contributed by atoms with Crippen LogP contribution >= 0.6 is 0 Å². The Morgan fingerprint density at radius 3 is 0.781 bits per heavy atom. The van der Waals surface area contributed by atoms with Gasteiger partial charge in [0, 0.05) is 68.6 Å². The number of benzene rings is 4. The van der Waals surface area contributed by atoms with E-state index in [0.29, 0.717) is 22.1 Å². The summed E-state index contributed by atoms with van der Waals surface area (Å²) in [4.78, 5) is 61.8. The van der Waals surface area contributed by atoms with E-state index in [0.717, 1.165) is 48.5 Å². The van der Waals surface area contributed by atoms with Crippen molar-refractivity contribution < 1.29 is 40.1 Å². The highest BCUT2D eigenvalue weighted by molar-refractivity contribution is 6.00. The van der Waals surface area contributed by atoms with E-state index in [9.17, 15) is 60.9 Å². The van der Waals surface area contributed by atoms with Gasteiger partial charge in [0.25, 0.3) is 0 Å². The Balaban J connectivity index is 1.49. The lowest BCUT2D eigenvalue weighted by atomic mass is 10.0. The molecule has 314 valence electrons. The van der Waals surface area contributed by atoms with Crippen LogP contribution in [0.3, 0.4) is 0 Å². The number of nitrogens with one attached hydrogen (secondary N) is 2. The van der Waals surface area contributed by atoms with Gasteiger partial charge in [0.15, 0.2) is 23.0 Å². The van der Waals surface area contributed by atoms with Crippen LogP contribution in [0.5, 0.6) is 23.0 Å². The number of nitrogens with zero attached hydrogens (tertiary/aromatic N) is 6. The average Bonchev–Trinajstić information content (AvgIpc) is 4.11. The van der Waals surface area contributed by atoms with E-state index in [2.05, 4.69) is 9.97 Å². The predicted octanol–water partition coefficient (Wildman–Crippen LogP) is 9.78. The maximum atomic E-state index is 12.1. The van der Waals surface area contributed by atoms with Crippen molar-refractivity contribution in [2.45, 2.75) is 0 Å². The Morgan fingerprint density at radius 1 is 0.359 bits per heavy atom. The van der Waals surface area contributed by atoms with Gasteiger partial charge in [-0.2, -0.15) is 0 Å². The van der Waals surface area contributed by atoms with Gasteiger partial charge in [0.2, 0.25) is 0 Å². The molecule has 5 heterocycles. The van der Waals surface area contributed by atoms with Gasteiger partial charge in [-0.15, -0.1) is 0 Å². The third kappa shape index (κ3) is 6.79. The Labute approximate surface area is 356 Å². The molecule has 0 saturated carbocycles. The fraction of sp³-hybridized carbons (Fsp3) is 0. The monoisotopic (exact) mass is 858 g/mol. The first-order chi connectivity index (χ1) is 30.7. The molecule has 0 radical (unpaired) electrons. The molecule has 0 spiro atoms. The fourth-order valence-electron chi connectivity index (χ4n) is 7.72. The second kappa shape index (κ2) is 15.1. The highest BCUT2D eigenvalue weighted by Gasteiger charge is 2.25. The molecule has 2 aliphatic rings. The van der Waals surface area contributed by atoms with Crippen LogP contribution in [0.25, 0.3) is 90.9 Å². The molecule has 7 aromatic rings. The van der Waals surface area contributed by atoms with Crippen molar-refractivity contribution in [2.75, 3.05) is 0 Å². The average molecular weight is 859 g/mol. The first-order valence-corrected chi connectivity index (χ1v) is 18.7. The van der Waals surface area contributed by atoms with E-state index in [-0.39, 0.29) is 67.3 Å². The Kier molecular flexibility index (Phi) is 9.36. The van der Waals surface area contributed by atoms with Crippen molar-refractivity contribution in [2.24, 2.45) is 0 Å². The lowest BCUT2D eigenvalue weighted by Crippen LogP contribution is -1.93. The van der Waals surface area contributed by atoms with Crippen LogP contribution in [0, 0.1) is 40.5 Å². The zero-order chi connectivity index (χ0) is 45.1. The molecule has 9 rings (SSSR count). The molecule has 0 amide bonds. The second-order valence-corrected chi connectivity index (χ2v) is 14.3. The summed E-state index contributed by atoms with van der Waals surface area (Å²) in [5, 5.41) is 89.9. The Hall–Kier alpha value is -9.72. The molecule has 2 aliphatic heterocycles. The van der Waals surface area contributed by atoms with E-state index in [1.807, 2.05) is 0 Å². The number of aromatic nitrogens is 4. The third-order valence-corrected chi connectivity index (χ3v) is 10.6. The largest absolute Gasteiger partial charge is 0.502 e. The van der Waals surface area contributed by atoms with Gasteiger partial charge in [-0.25, -0.2) is 9.97 Å². The number of rotatable bonds is 8. The van der Waals surface area contributed by atoms with E-state index in [1.54, 1.807) is 48.6 Å². The summed E-state index contributed by atoms with van der Waals surface area (Å²) in [6, 6.07) is 21.6. The van der Waals surface area contributed by atoms with Crippen LogP contribution in [-0.2, 0) is 0 Å². The van der Waals surface area contributed by atoms with Crippen LogP contribution in [0.2, 0.25) is 0 Å². The molecular formula is C44H26N8O12. The van der Waals surface area contributed by atoms with Gasteiger partial charge in [0.1, 0.15) is 0 Å². The van der Waals surface area contributed by atoms with Gasteiger partial charge in [-0.1, -0.05) is 24.3 Å². The van der Waals surface area contributed by atoms with Gasteiger partial charge in [-0.3, -0.25) is 40.5 Å². The number of hydrogen-bond donors (Lipinski definition) is 6. The molecular weight excluding hydrogens is 833 g/mol. The van der Waals surface area contributed by atoms with Gasteiger partial charge < -0.3 is 30.4 Å². The third-order valence-electron chi connectivity index (χ3n) is 10.6. The lowest BCUT2D eigenvalue weighted by Gasteiger charge is -2.08. The summed E-state index contributed by atoms with van der Waals surface area (Å²) >= 11 is 0. The number of phenols is 4. The van der Waals surface area contributed by atoms with E-state index < -0.39 is 65.4 Å². The van der Waals surface area contributed by atoms with Crippen molar-refractivity contribution in [1.82, 2.24) is 19.9 Å². The van der Waals surface area contributed by atoms with Gasteiger partial charge >= 0.3 is 22.7 Å². The van der Waals surface area contributed by atoms with Crippen molar-refractivity contribution in [1.29, 1.82) is 0 Å². The van der Waals surface area contributed by atoms with Crippen molar-refractivity contribution in [3.8, 4) is 67.5 Å². The highest BCUT2D eigenvalue weighted by Crippen LogP contribution is 2.43. The molecule has 4 aromatic carbocycles. The standard InChI is InChI=1S/C44H26N8O12/c53-37-13-1-21(17-33(37)49(57)58)41-25-5-7-27(45-25)42(22-2-14-38(54)34(18-22)50(59)60)29-9-11-31(47-29)44(24-4-16-40(56)36(20-24)52(63)64)32-12-10-30(48-32)43(28-8-6-26(41)46-28)23-3-15-39(55)35(19-23)51(61)62/h1-20,45,48,53-56H. The quantitative estimate of drug-likeness (QED) is 0.0612. The van der Waals surface area contributed by atoms with E-state index in [4.69, 9.17) is 9.97 Å². The second-order valence-electron chi connectivity index (χ2n) is 14.3. The number of nitro benzene ring substituents is 4. The SMILES string of the molecule is O=[N+]([O-])c1cc(-c2c3nc(c(-c4ccc(O)c([N+](=O)[O-])c4)c4ccc([nH]4)c(-c4ccc(O)c([N+](=O)[O-])c4)c4nc(c(-c5ccc(O)c([N+](=O)[O-])c5)c5ccc2[nH]5)C=C4)C=C3)ccc1O. The normalized spacial score (nSPS) is 11.8. The maximum Gasteiger partial charge on any atom is 0.311 e. The van der Waals surface area contributed by atoms with Crippen LogP contribution in [0.1, 0.15) is 22.8 Å². The molecule has 64 heavy (non-hydrogen) atoms. The molecule has 6 N–H and O–H groups in total. The zero-order valence-electron chi connectivity index (χ0n) is 32.3. The van der Waals surface area contributed by atoms with Crippen molar-refractivity contribution in [3.05, 3.63) is 160 Å². The molecule has 0 unspecified atom stereocenters. The summed E-state index contributed by atoms with van der Waals surface area (Å²) in [6.45, 7) is 0. The molecule has 20 heteroatoms. The smallest absolute Gasteiger partial charge is 0.311 e. The molecule has 0 aliphatic carbocycles. The van der Waals surface area contributed by atoms with E-state index in [1.165, 1.54) is 24.3 Å². The number of nitro groups is 4. The Morgan fingerprint density at radius 2 is 0.578 bits per heavy atom. The van der Waals surface area contributed by atoms with Crippen LogP contribution in [0.15, 0.2) is 97.1 Å². The van der Waals surface area contributed by atoms with Gasteiger partial charge in [0.05, 0.1) is 42.5 Å². The minimum Gasteiger partial charge on any atom is -0.502 e. The minimum absolute atomic E-state index is 0.227. The van der Waals surface area contributed by atoms with Crippen LogP contribution in [0.4, 0.5) is 22.7 Å². The van der Waals surface area contributed by atoms with Crippen molar-refractivity contribution >= 4 is 69.1 Å². The number of aromatic amines is 2. The van der Waals surface area contributed by atoms with Crippen LogP contribution in [-0.4, -0.2) is 60.1 Å². The predicted molar refractivity (Wildman–Crippen MR) is 234 cm³/mol. The van der Waals surface area contributed by atoms with E-state index >= 15 is 0 Å². The molecule has 0 fully saturated rings.